The van der Waals surface area contributed by atoms with E-state index in [0.717, 1.165) is 62.8 Å². The number of amides is 1. The van der Waals surface area contributed by atoms with Crippen molar-refractivity contribution >= 4 is 11.6 Å². The van der Waals surface area contributed by atoms with Crippen molar-refractivity contribution in [3.8, 4) is 11.5 Å². The van der Waals surface area contributed by atoms with Crippen molar-refractivity contribution < 1.29 is 14.3 Å². The lowest BCUT2D eigenvalue weighted by Crippen LogP contribution is -2.50. The number of nitrogens with one attached hydrogen (secondary N) is 2. The van der Waals surface area contributed by atoms with E-state index in [9.17, 15) is 4.79 Å². The maximum Gasteiger partial charge on any atom is 0.241 e. The number of ether oxygens (including phenoxy) is 2. The third-order valence-electron chi connectivity index (χ3n) is 7.08. The molecule has 1 saturated carbocycles. The van der Waals surface area contributed by atoms with Crippen LogP contribution in [0.1, 0.15) is 65.7 Å². The lowest BCUT2D eigenvalue weighted by atomic mass is 9.73. The van der Waals surface area contributed by atoms with E-state index < -0.39 is 0 Å². The summed E-state index contributed by atoms with van der Waals surface area (Å²) < 4.78 is 12.0. The van der Waals surface area contributed by atoms with Crippen LogP contribution in [0, 0.1) is 11.8 Å². The van der Waals surface area contributed by atoms with E-state index >= 15 is 0 Å². The molecule has 1 saturated heterocycles. The van der Waals surface area contributed by atoms with Crippen LogP contribution >= 0.6 is 0 Å². The normalized spacial score (nSPS) is 22.9. The van der Waals surface area contributed by atoms with Crippen LogP contribution in [0.15, 0.2) is 18.2 Å². The molecule has 2 aliphatic rings. The highest BCUT2D eigenvalue weighted by Gasteiger charge is 2.34. The van der Waals surface area contributed by atoms with E-state index in [1.807, 2.05) is 18.2 Å². The van der Waals surface area contributed by atoms with Gasteiger partial charge in [0.05, 0.1) is 18.3 Å². The summed E-state index contributed by atoms with van der Waals surface area (Å²) in [5.74, 6) is 2.95. The largest absolute Gasteiger partial charge is 0.492 e. The lowest BCUT2D eigenvalue weighted by molar-refractivity contribution is -0.119. The Bertz CT molecular complexity index is 708. The van der Waals surface area contributed by atoms with Gasteiger partial charge in [-0.25, -0.2) is 0 Å². The number of carbonyl (C=O) groups excluding carboxylic acids is 1. The highest BCUT2D eigenvalue weighted by Crippen LogP contribution is 2.36. The zero-order chi connectivity index (χ0) is 22.8. The number of carbonyl (C=O) groups is 1. The molecule has 3 atom stereocenters. The number of anilines is 1. The van der Waals surface area contributed by atoms with E-state index in [-0.39, 0.29) is 11.9 Å². The second-order valence-electron chi connectivity index (χ2n) is 9.23. The minimum Gasteiger partial charge on any atom is -0.492 e. The fourth-order valence-corrected chi connectivity index (χ4v) is 4.94. The first kappa shape index (κ1) is 24.8. The van der Waals surface area contributed by atoms with Crippen LogP contribution in [0.3, 0.4) is 0 Å². The summed E-state index contributed by atoms with van der Waals surface area (Å²) >= 11 is 0. The molecule has 1 amide bonds. The first-order valence-corrected chi connectivity index (χ1v) is 12.8. The van der Waals surface area contributed by atoms with E-state index in [4.69, 9.17) is 9.47 Å². The van der Waals surface area contributed by atoms with Gasteiger partial charge in [0.1, 0.15) is 18.1 Å². The van der Waals surface area contributed by atoms with Gasteiger partial charge in [0.15, 0.2) is 0 Å². The molecular formula is C26H43N3O3. The van der Waals surface area contributed by atoms with Gasteiger partial charge < -0.3 is 25.0 Å². The number of rotatable bonds is 12. The lowest BCUT2D eigenvalue weighted by Gasteiger charge is -2.39. The molecule has 1 heterocycles. The summed E-state index contributed by atoms with van der Waals surface area (Å²) in [4.78, 5) is 15.4. The minimum atomic E-state index is -0.122. The molecule has 3 rings (SSSR count). The summed E-state index contributed by atoms with van der Waals surface area (Å²) in [5.41, 5.74) is 0.731. The van der Waals surface area contributed by atoms with Gasteiger partial charge in [-0.2, -0.15) is 0 Å². The van der Waals surface area contributed by atoms with Gasteiger partial charge in [0.2, 0.25) is 5.91 Å². The molecule has 1 aliphatic carbocycles. The third kappa shape index (κ3) is 7.11. The van der Waals surface area contributed by atoms with Gasteiger partial charge in [-0.1, -0.05) is 46.5 Å². The monoisotopic (exact) mass is 445 g/mol. The second-order valence-corrected chi connectivity index (χ2v) is 9.23. The molecule has 1 aromatic carbocycles. The molecule has 2 N–H and O–H groups in total. The molecule has 0 aromatic heterocycles. The number of likely N-dealkylation sites (N-methyl/N-ethyl adjacent to an activating group) is 1. The Kier molecular flexibility index (Phi) is 10.1. The molecule has 6 nitrogen and oxygen atoms in total. The molecule has 1 aliphatic heterocycles. The Morgan fingerprint density at radius 3 is 2.62 bits per heavy atom. The number of nitrogens with zero attached hydrogens (tertiary/aromatic N) is 1. The first-order chi connectivity index (χ1) is 15.6. The van der Waals surface area contributed by atoms with Crippen LogP contribution in [0.2, 0.25) is 0 Å². The first-order valence-electron chi connectivity index (χ1n) is 12.8. The quantitative estimate of drug-likeness (QED) is 0.457. The number of fused-ring (bicyclic) bond motifs is 1. The Labute approximate surface area is 194 Å². The van der Waals surface area contributed by atoms with Crippen LogP contribution in [-0.2, 0) is 4.79 Å². The molecule has 32 heavy (non-hydrogen) atoms. The van der Waals surface area contributed by atoms with E-state index in [0.29, 0.717) is 24.9 Å². The zero-order valence-corrected chi connectivity index (χ0v) is 20.3. The average molecular weight is 446 g/mol. The van der Waals surface area contributed by atoms with Crippen LogP contribution in [0.25, 0.3) is 0 Å². The fraction of sp³-hybridized carbons (Fsp3) is 0.731. The van der Waals surface area contributed by atoms with E-state index in [1.54, 1.807) is 0 Å². The maximum atomic E-state index is 13.1. The summed E-state index contributed by atoms with van der Waals surface area (Å²) in [6.45, 7) is 11.6. The van der Waals surface area contributed by atoms with E-state index in [1.165, 1.54) is 25.7 Å². The van der Waals surface area contributed by atoms with E-state index in [2.05, 4.69) is 36.3 Å². The number of hydrogen-bond acceptors (Lipinski definition) is 5. The van der Waals surface area contributed by atoms with Crippen LogP contribution in [-0.4, -0.2) is 56.2 Å². The number of hydrogen-bond donors (Lipinski definition) is 2. The van der Waals surface area contributed by atoms with Crippen LogP contribution < -0.4 is 20.1 Å². The Morgan fingerprint density at radius 2 is 1.88 bits per heavy atom. The average Bonchev–Trinajstić information content (AvgIpc) is 2.83. The number of unbranched alkanes of at least 4 members (excludes halogenated alkanes) is 1. The third-order valence-corrected chi connectivity index (χ3v) is 7.08. The van der Waals surface area contributed by atoms with Crippen molar-refractivity contribution in [2.75, 3.05) is 44.7 Å². The summed E-state index contributed by atoms with van der Waals surface area (Å²) in [6, 6.07) is 5.63. The van der Waals surface area contributed by atoms with Crippen molar-refractivity contribution in [2.45, 2.75) is 71.8 Å². The van der Waals surface area contributed by atoms with Crippen LogP contribution in [0.4, 0.5) is 5.69 Å². The molecule has 2 fully saturated rings. The number of piperidine rings is 1. The van der Waals surface area contributed by atoms with Gasteiger partial charge in [-0.3, -0.25) is 4.79 Å². The predicted octanol–water partition coefficient (Wildman–Crippen LogP) is 4.69. The van der Waals surface area contributed by atoms with Crippen molar-refractivity contribution in [3.63, 3.8) is 0 Å². The summed E-state index contributed by atoms with van der Waals surface area (Å²) in [5, 5.41) is 6.62. The standard InChI is InChI=1S/C26H43N3O3/c1-4-7-15-32-25-18-22(31-16-14-29(5-2)6-3)12-13-23(25)28-26(30)24-17-20-10-8-9-11-21(20)19-27-24/h12-13,18,20-21,24,27H,4-11,14-17,19H2,1-3H3,(H,28,30). The zero-order valence-electron chi connectivity index (χ0n) is 20.3. The van der Waals surface area contributed by atoms with Gasteiger partial charge in [-0.05, 0) is 62.9 Å². The van der Waals surface area contributed by atoms with Gasteiger partial charge in [0.25, 0.3) is 0 Å². The maximum absolute atomic E-state index is 13.1. The van der Waals surface area contributed by atoms with Crippen LogP contribution in [0.5, 0.6) is 11.5 Å². The Balaban J connectivity index is 1.61. The van der Waals surface area contributed by atoms with Gasteiger partial charge >= 0.3 is 0 Å². The molecule has 0 radical (unpaired) electrons. The molecule has 3 unspecified atom stereocenters. The predicted molar refractivity (Wildman–Crippen MR) is 131 cm³/mol. The molecular weight excluding hydrogens is 402 g/mol. The van der Waals surface area contributed by atoms with Gasteiger partial charge in [0, 0.05) is 12.6 Å². The van der Waals surface area contributed by atoms with Crippen molar-refractivity contribution in [1.82, 2.24) is 10.2 Å². The van der Waals surface area contributed by atoms with Crippen molar-refractivity contribution in [2.24, 2.45) is 11.8 Å². The fourth-order valence-electron chi connectivity index (χ4n) is 4.94. The smallest absolute Gasteiger partial charge is 0.241 e. The topological polar surface area (TPSA) is 62.8 Å². The summed E-state index contributed by atoms with van der Waals surface area (Å²) in [6.07, 6.45) is 8.19. The highest BCUT2D eigenvalue weighted by atomic mass is 16.5. The SMILES string of the molecule is CCCCOc1cc(OCCN(CC)CC)ccc1NC(=O)C1CC2CCCCC2CN1. The molecule has 1 aromatic rings. The van der Waals surface area contributed by atoms with Gasteiger partial charge in [-0.15, -0.1) is 0 Å². The Morgan fingerprint density at radius 1 is 1.09 bits per heavy atom. The molecule has 180 valence electrons. The second kappa shape index (κ2) is 13.0. The highest BCUT2D eigenvalue weighted by molar-refractivity contribution is 5.96. The molecule has 0 bridgehead atoms. The molecule has 0 spiro atoms. The molecule has 6 heteroatoms. The number of benzene rings is 1. The summed E-state index contributed by atoms with van der Waals surface area (Å²) in [7, 11) is 0. The van der Waals surface area contributed by atoms with Crippen molar-refractivity contribution in [1.29, 1.82) is 0 Å². The van der Waals surface area contributed by atoms with Crippen molar-refractivity contribution in [3.05, 3.63) is 18.2 Å². The Hall–Kier alpha value is -1.79. The minimum absolute atomic E-state index is 0.0459.